The Morgan fingerprint density at radius 3 is 2.00 bits per heavy atom. The van der Waals surface area contributed by atoms with Crippen LogP contribution in [0.5, 0.6) is 28.9 Å². The van der Waals surface area contributed by atoms with Crippen LogP contribution in [0.1, 0.15) is 11.3 Å². The van der Waals surface area contributed by atoms with E-state index in [9.17, 15) is 5.11 Å². The van der Waals surface area contributed by atoms with Crippen molar-refractivity contribution < 1.29 is 24.1 Å². The summed E-state index contributed by atoms with van der Waals surface area (Å²) in [6.07, 6.45) is 0.515. The summed E-state index contributed by atoms with van der Waals surface area (Å²) in [6.45, 7) is 0. The van der Waals surface area contributed by atoms with Gasteiger partial charge in [0.25, 0.3) is 0 Å². The van der Waals surface area contributed by atoms with Gasteiger partial charge in [-0.1, -0.05) is 6.07 Å². The van der Waals surface area contributed by atoms with E-state index < -0.39 is 0 Å². The largest absolute Gasteiger partial charge is 0.493 e. The third kappa shape index (κ3) is 4.40. The van der Waals surface area contributed by atoms with E-state index in [1.54, 1.807) is 34.5 Å². The van der Waals surface area contributed by atoms with Gasteiger partial charge in [-0.2, -0.15) is 0 Å². The van der Waals surface area contributed by atoms with Crippen LogP contribution in [-0.2, 0) is 6.42 Å². The molecule has 0 saturated carbocycles. The van der Waals surface area contributed by atoms with Gasteiger partial charge in [-0.3, -0.25) is 0 Å². The van der Waals surface area contributed by atoms with E-state index in [4.69, 9.17) is 18.9 Å². The van der Waals surface area contributed by atoms with Gasteiger partial charge in [0.05, 0.1) is 34.1 Å². The third-order valence-electron chi connectivity index (χ3n) is 4.22. The second-order valence-electron chi connectivity index (χ2n) is 5.72. The van der Waals surface area contributed by atoms with Crippen molar-refractivity contribution in [3.63, 3.8) is 0 Å². The zero-order valence-electron chi connectivity index (χ0n) is 16.2. The van der Waals surface area contributed by atoms with Crippen LogP contribution in [0.3, 0.4) is 0 Å². The molecule has 0 aliphatic carbocycles. The molecular weight excluding hydrogens is 357 g/mol. The van der Waals surface area contributed by atoms with Crippen LogP contribution in [0, 0.1) is 0 Å². The van der Waals surface area contributed by atoms with E-state index >= 15 is 0 Å². The molecule has 6 nitrogen and oxygen atoms in total. The maximum Gasteiger partial charge on any atom is 0.211 e. The number of methoxy groups -OCH3 is 4. The molecule has 1 radical (unpaired) electrons. The van der Waals surface area contributed by atoms with E-state index in [2.05, 4.69) is 4.98 Å². The molecule has 0 aliphatic heterocycles. The summed E-state index contributed by atoms with van der Waals surface area (Å²) >= 11 is 0. The van der Waals surface area contributed by atoms with Crippen LogP contribution in [0.2, 0.25) is 0 Å². The molecule has 0 unspecified atom stereocenters. The van der Waals surface area contributed by atoms with Crippen LogP contribution in [0.4, 0.5) is 0 Å². The standard InChI is InChI=1S/C20H21NO5.Na/c1-23-16-6-5-12(8-17(16)24-2)7-15-14-11-19(26-4)18(25-3)9-13(14)10-20(22)21-15;/h5-6,8-11H,7H2,1-4H3,(H,21,22);. The van der Waals surface area contributed by atoms with E-state index in [0.717, 1.165) is 22.0 Å². The normalized spacial score (nSPS) is 10.2. The van der Waals surface area contributed by atoms with E-state index in [1.807, 2.05) is 30.3 Å². The first-order chi connectivity index (χ1) is 12.6. The van der Waals surface area contributed by atoms with Gasteiger partial charge in [0, 0.05) is 47.4 Å². The molecular formula is C20H21NNaO5. The van der Waals surface area contributed by atoms with Crippen molar-refractivity contribution >= 4 is 40.3 Å². The molecule has 0 saturated heterocycles. The molecule has 1 heterocycles. The van der Waals surface area contributed by atoms with Crippen molar-refractivity contribution in [2.24, 2.45) is 0 Å². The molecule has 3 aromatic rings. The van der Waals surface area contributed by atoms with E-state index in [1.165, 1.54) is 0 Å². The average Bonchev–Trinajstić information content (AvgIpc) is 2.66. The Labute approximate surface area is 180 Å². The van der Waals surface area contributed by atoms with Gasteiger partial charge in [-0.05, 0) is 35.2 Å². The van der Waals surface area contributed by atoms with Crippen molar-refractivity contribution in [3.8, 4) is 28.9 Å². The third-order valence-corrected chi connectivity index (χ3v) is 4.22. The smallest absolute Gasteiger partial charge is 0.211 e. The SMILES string of the molecule is COc1ccc(Cc2nc(O)cc3cc(OC)c(OC)cc23)cc1OC.[Na]. The Hall–Kier alpha value is -2.15. The fourth-order valence-corrected chi connectivity index (χ4v) is 2.95. The quantitative estimate of drug-likeness (QED) is 0.665. The summed E-state index contributed by atoms with van der Waals surface area (Å²) in [7, 11) is 6.36. The first-order valence-electron chi connectivity index (χ1n) is 8.05. The number of benzene rings is 2. The van der Waals surface area contributed by atoms with Gasteiger partial charge in [0.1, 0.15) is 0 Å². The topological polar surface area (TPSA) is 70.0 Å². The van der Waals surface area contributed by atoms with Crippen molar-refractivity contribution in [1.82, 2.24) is 4.98 Å². The first kappa shape index (κ1) is 21.2. The molecule has 0 aliphatic rings. The zero-order valence-corrected chi connectivity index (χ0v) is 18.2. The number of aromatic nitrogens is 1. The summed E-state index contributed by atoms with van der Waals surface area (Å²) in [5.41, 5.74) is 1.71. The summed E-state index contributed by atoms with van der Waals surface area (Å²) in [6, 6.07) is 11.0. The second-order valence-corrected chi connectivity index (χ2v) is 5.72. The van der Waals surface area contributed by atoms with Gasteiger partial charge < -0.3 is 24.1 Å². The van der Waals surface area contributed by atoms with Crippen molar-refractivity contribution in [2.45, 2.75) is 6.42 Å². The maximum absolute atomic E-state index is 10.0. The first-order valence-corrected chi connectivity index (χ1v) is 8.05. The number of rotatable bonds is 6. The fraction of sp³-hybridized carbons (Fsp3) is 0.250. The van der Waals surface area contributed by atoms with Crippen LogP contribution >= 0.6 is 0 Å². The minimum absolute atomic E-state index is 0. The van der Waals surface area contributed by atoms with Gasteiger partial charge in [0.15, 0.2) is 23.0 Å². The Morgan fingerprint density at radius 1 is 0.778 bits per heavy atom. The molecule has 27 heavy (non-hydrogen) atoms. The number of aromatic hydroxyl groups is 1. The molecule has 0 amide bonds. The molecule has 0 spiro atoms. The predicted octanol–water partition coefficient (Wildman–Crippen LogP) is 3.18. The van der Waals surface area contributed by atoms with Crippen molar-refractivity contribution in [3.05, 3.63) is 47.7 Å². The summed E-state index contributed by atoms with van der Waals surface area (Å²) in [5, 5.41) is 11.7. The maximum atomic E-state index is 10.0. The van der Waals surface area contributed by atoms with E-state index in [0.29, 0.717) is 29.4 Å². The molecule has 0 atom stereocenters. The number of hydrogen-bond donors (Lipinski definition) is 1. The van der Waals surface area contributed by atoms with Crippen molar-refractivity contribution in [2.75, 3.05) is 28.4 Å². The molecule has 2 aromatic carbocycles. The molecule has 137 valence electrons. The van der Waals surface area contributed by atoms with E-state index in [-0.39, 0.29) is 35.4 Å². The van der Waals surface area contributed by atoms with Crippen LogP contribution in [0.15, 0.2) is 36.4 Å². The Balaban J connectivity index is 0.00000261. The Bertz CT molecular complexity index is 945. The minimum atomic E-state index is -0.0415. The molecule has 0 bridgehead atoms. The second kappa shape index (κ2) is 9.17. The van der Waals surface area contributed by atoms with Gasteiger partial charge in [-0.15, -0.1) is 0 Å². The summed E-state index contributed by atoms with van der Waals surface area (Å²) in [5.74, 6) is 2.48. The predicted molar refractivity (Wildman–Crippen MR) is 105 cm³/mol. The number of fused-ring (bicyclic) bond motifs is 1. The van der Waals surface area contributed by atoms with Gasteiger partial charge in [0.2, 0.25) is 5.88 Å². The minimum Gasteiger partial charge on any atom is -0.493 e. The molecule has 1 aromatic heterocycles. The number of hydrogen-bond acceptors (Lipinski definition) is 6. The number of pyridine rings is 1. The number of nitrogens with zero attached hydrogens (tertiary/aromatic N) is 1. The summed E-state index contributed by atoms with van der Waals surface area (Å²) in [4.78, 5) is 4.31. The van der Waals surface area contributed by atoms with Crippen LogP contribution < -0.4 is 18.9 Å². The fourth-order valence-electron chi connectivity index (χ4n) is 2.95. The summed E-state index contributed by atoms with van der Waals surface area (Å²) < 4.78 is 21.4. The van der Waals surface area contributed by atoms with Crippen molar-refractivity contribution in [1.29, 1.82) is 0 Å². The molecule has 7 heteroatoms. The van der Waals surface area contributed by atoms with Crippen LogP contribution in [0.25, 0.3) is 10.8 Å². The average molecular weight is 378 g/mol. The molecule has 1 N–H and O–H groups in total. The van der Waals surface area contributed by atoms with Gasteiger partial charge in [-0.25, -0.2) is 4.98 Å². The Morgan fingerprint density at radius 2 is 1.37 bits per heavy atom. The molecule has 3 rings (SSSR count). The van der Waals surface area contributed by atoms with Crippen LogP contribution in [-0.4, -0.2) is 68.1 Å². The van der Waals surface area contributed by atoms with Gasteiger partial charge >= 0.3 is 0 Å². The zero-order chi connectivity index (χ0) is 18.7. The number of ether oxygens (including phenoxy) is 4. The molecule has 0 fully saturated rings. The Kier molecular flexibility index (Phi) is 7.18. The monoisotopic (exact) mass is 378 g/mol.